The van der Waals surface area contributed by atoms with Crippen molar-refractivity contribution < 1.29 is 4.79 Å². The molecule has 0 bridgehead atoms. The molecule has 1 N–H and O–H groups in total. The van der Waals surface area contributed by atoms with Crippen LogP contribution in [0.25, 0.3) is 0 Å². The van der Waals surface area contributed by atoms with Crippen LogP contribution in [0.2, 0.25) is 0 Å². The summed E-state index contributed by atoms with van der Waals surface area (Å²) in [5, 5.41) is 2.85. The zero-order chi connectivity index (χ0) is 7.68. The topological polar surface area (TPSA) is 29.1 Å². The molecule has 1 aliphatic carbocycles. The highest BCUT2D eigenvalue weighted by Gasteiger charge is 2.21. The summed E-state index contributed by atoms with van der Waals surface area (Å²) in [6, 6.07) is 0. The van der Waals surface area contributed by atoms with E-state index >= 15 is 0 Å². The SMILES string of the molecule is O=C1NCCC1=C1CCCC1. The van der Waals surface area contributed by atoms with Gasteiger partial charge in [-0.3, -0.25) is 4.79 Å². The van der Waals surface area contributed by atoms with Crippen LogP contribution in [0.15, 0.2) is 11.1 Å². The monoisotopic (exact) mass is 151 g/mol. The first-order chi connectivity index (χ1) is 5.38. The molecule has 11 heavy (non-hydrogen) atoms. The van der Waals surface area contributed by atoms with E-state index in [2.05, 4.69) is 5.32 Å². The normalized spacial score (nSPS) is 24.5. The minimum absolute atomic E-state index is 0.196. The van der Waals surface area contributed by atoms with Gasteiger partial charge in [0, 0.05) is 12.1 Å². The average Bonchev–Trinajstić information content (AvgIpc) is 2.55. The lowest BCUT2D eigenvalue weighted by Crippen LogP contribution is -2.14. The van der Waals surface area contributed by atoms with Crippen molar-refractivity contribution in [2.24, 2.45) is 0 Å². The Morgan fingerprint density at radius 3 is 2.36 bits per heavy atom. The molecular formula is C9H13NO. The van der Waals surface area contributed by atoms with Crippen molar-refractivity contribution >= 4 is 5.91 Å². The molecule has 0 radical (unpaired) electrons. The molecular weight excluding hydrogens is 138 g/mol. The van der Waals surface area contributed by atoms with Gasteiger partial charge in [-0.1, -0.05) is 5.57 Å². The van der Waals surface area contributed by atoms with E-state index in [1.165, 1.54) is 31.3 Å². The maximum atomic E-state index is 11.2. The second kappa shape index (κ2) is 2.68. The molecule has 0 atom stereocenters. The maximum Gasteiger partial charge on any atom is 0.247 e. The van der Waals surface area contributed by atoms with Crippen molar-refractivity contribution in [1.29, 1.82) is 0 Å². The van der Waals surface area contributed by atoms with Crippen molar-refractivity contribution in [3.63, 3.8) is 0 Å². The Morgan fingerprint density at radius 1 is 1.09 bits per heavy atom. The van der Waals surface area contributed by atoms with Crippen LogP contribution in [0, 0.1) is 0 Å². The fourth-order valence-corrected chi connectivity index (χ4v) is 1.96. The summed E-state index contributed by atoms with van der Waals surface area (Å²) in [5.74, 6) is 0.196. The third-order valence-electron chi connectivity index (χ3n) is 2.57. The second-order valence-electron chi connectivity index (χ2n) is 3.30. The molecule has 0 spiro atoms. The summed E-state index contributed by atoms with van der Waals surface area (Å²) in [5.41, 5.74) is 2.53. The van der Waals surface area contributed by atoms with Gasteiger partial charge >= 0.3 is 0 Å². The Hall–Kier alpha value is -0.790. The minimum atomic E-state index is 0.196. The summed E-state index contributed by atoms with van der Waals surface area (Å²) in [4.78, 5) is 11.2. The Kier molecular flexibility index (Phi) is 1.68. The Bertz CT molecular complexity index is 210. The summed E-state index contributed by atoms with van der Waals surface area (Å²) < 4.78 is 0. The fraction of sp³-hybridized carbons (Fsp3) is 0.667. The molecule has 1 saturated carbocycles. The first kappa shape index (κ1) is 6.89. The van der Waals surface area contributed by atoms with Gasteiger partial charge in [0.25, 0.3) is 0 Å². The molecule has 0 aromatic heterocycles. The molecule has 1 amide bonds. The van der Waals surface area contributed by atoms with Crippen LogP contribution < -0.4 is 5.32 Å². The maximum absolute atomic E-state index is 11.2. The van der Waals surface area contributed by atoms with Crippen molar-refractivity contribution in [1.82, 2.24) is 5.32 Å². The first-order valence-electron chi connectivity index (χ1n) is 4.37. The van der Waals surface area contributed by atoms with Gasteiger partial charge in [-0.2, -0.15) is 0 Å². The number of amides is 1. The first-order valence-corrected chi connectivity index (χ1v) is 4.37. The van der Waals surface area contributed by atoms with Gasteiger partial charge < -0.3 is 5.32 Å². The molecule has 1 heterocycles. The molecule has 0 aromatic rings. The Balaban J connectivity index is 2.23. The predicted molar refractivity (Wildman–Crippen MR) is 43.1 cm³/mol. The average molecular weight is 151 g/mol. The summed E-state index contributed by atoms with van der Waals surface area (Å²) in [6.45, 7) is 0.859. The highest BCUT2D eigenvalue weighted by Crippen LogP contribution is 2.29. The van der Waals surface area contributed by atoms with Crippen LogP contribution in [0.3, 0.4) is 0 Å². The van der Waals surface area contributed by atoms with E-state index in [9.17, 15) is 4.79 Å². The predicted octanol–water partition coefficient (Wildman–Crippen LogP) is 1.38. The van der Waals surface area contributed by atoms with Crippen LogP contribution in [-0.4, -0.2) is 12.5 Å². The zero-order valence-corrected chi connectivity index (χ0v) is 6.65. The quantitative estimate of drug-likeness (QED) is 0.521. The van der Waals surface area contributed by atoms with Gasteiger partial charge in [-0.25, -0.2) is 0 Å². The number of hydrogen-bond donors (Lipinski definition) is 1. The van der Waals surface area contributed by atoms with E-state index in [0.717, 1.165) is 18.5 Å². The number of carbonyl (C=O) groups is 1. The van der Waals surface area contributed by atoms with Crippen molar-refractivity contribution in [2.45, 2.75) is 32.1 Å². The number of carbonyl (C=O) groups excluding carboxylic acids is 1. The van der Waals surface area contributed by atoms with E-state index in [1.54, 1.807) is 0 Å². The number of allylic oxidation sites excluding steroid dienone is 1. The van der Waals surface area contributed by atoms with Gasteiger partial charge in [0.1, 0.15) is 0 Å². The van der Waals surface area contributed by atoms with Crippen molar-refractivity contribution in [2.75, 3.05) is 6.54 Å². The van der Waals surface area contributed by atoms with E-state index in [0.29, 0.717) is 0 Å². The largest absolute Gasteiger partial charge is 0.352 e. The molecule has 0 unspecified atom stereocenters. The summed E-state index contributed by atoms with van der Waals surface area (Å²) >= 11 is 0. The van der Waals surface area contributed by atoms with Gasteiger partial charge in [0.15, 0.2) is 0 Å². The van der Waals surface area contributed by atoms with Crippen LogP contribution >= 0.6 is 0 Å². The smallest absolute Gasteiger partial charge is 0.247 e. The minimum Gasteiger partial charge on any atom is -0.352 e. The second-order valence-corrected chi connectivity index (χ2v) is 3.30. The van der Waals surface area contributed by atoms with Gasteiger partial charge in [-0.15, -0.1) is 0 Å². The van der Waals surface area contributed by atoms with E-state index < -0.39 is 0 Å². The molecule has 2 aliphatic rings. The Labute approximate surface area is 66.7 Å². The van der Waals surface area contributed by atoms with Crippen LogP contribution in [-0.2, 0) is 4.79 Å². The highest BCUT2D eigenvalue weighted by atomic mass is 16.1. The molecule has 2 nitrogen and oxygen atoms in total. The zero-order valence-electron chi connectivity index (χ0n) is 6.65. The molecule has 1 saturated heterocycles. The van der Waals surface area contributed by atoms with Gasteiger partial charge in [0.05, 0.1) is 0 Å². The lowest BCUT2D eigenvalue weighted by molar-refractivity contribution is -0.116. The summed E-state index contributed by atoms with van der Waals surface area (Å²) in [6.07, 6.45) is 5.87. The third kappa shape index (κ3) is 1.17. The number of hydrogen-bond acceptors (Lipinski definition) is 1. The van der Waals surface area contributed by atoms with E-state index in [4.69, 9.17) is 0 Å². The molecule has 60 valence electrons. The van der Waals surface area contributed by atoms with Gasteiger partial charge in [-0.05, 0) is 32.1 Å². The summed E-state index contributed by atoms with van der Waals surface area (Å²) in [7, 11) is 0. The molecule has 2 fully saturated rings. The number of rotatable bonds is 0. The lowest BCUT2D eigenvalue weighted by Gasteiger charge is -1.98. The van der Waals surface area contributed by atoms with Crippen LogP contribution in [0.1, 0.15) is 32.1 Å². The third-order valence-corrected chi connectivity index (χ3v) is 2.57. The molecule has 2 rings (SSSR count). The van der Waals surface area contributed by atoms with E-state index in [-0.39, 0.29) is 5.91 Å². The van der Waals surface area contributed by atoms with Crippen LogP contribution in [0.5, 0.6) is 0 Å². The van der Waals surface area contributed by atoms with Crippen molar-refractivity contribution in [3.05, 3.63) is 11.1 Å². The molecule has 1 aliphatic heterocycles. The van der Waals surface area contributed by atoms with Gasteiger partial charge in [0.2, 0.25) is 5.91 Å². The highest BCUT2D eigenvalue weighted by molar-refractivity contribution is 5.96. The molecule has 0 aromatic carbocycles. The molecule has 2 heteroatoms. The fourth-order valence-electron chi connectivity index (χ4n) is 1.96. The van der Waals surface area contributed by atoms with E-state index in [1.807, 2.05) is 0 Å². The number of nitrogens with one attached hydrogen (secondary N) is 1. The standard InChI is InChI=1S/C9H13NO/c11-9-8(5-6-10-9)7-3-1-2-4-7/h1-6H2,(H,10,11). The van der Waals surface area contributed by atoms with Crippen molar-refractivity contribution in [3.8, 4) is 0 Å². The lowest BCUT2D eigenvalue weighted by atomic mass is 10.1. The Morgan fingerprint density at radius 2 is 1.82 bits per heavy atom. The van der Waals surface area contributed by atoms with Crippen LogP contribution in [0.4, 0.5) is 0 Å².